The van der Waals surface area contributed by atoms with Crippen LogP contribution in [0.1, 0.15) is 69.9 Å². The van der Waals surface area contributed by atoms with Crippen LogP contribution in [0, 0.1) is 17.8 Å². The van der Waals surface area contributed by atoms with Crippen LogP contribution in [0.3, 0.4) is 0 Å². The summed E-state index contributed by atoms with van der Waals surface area (Å²) in [5, 5.41) is 30.5. The molecule has 6 atom stereocenters. The normalized spacial score (nSPS) is 27.2. The first-order chi connectivity index (χ1) is 14.4. The SMILES string of the molecule is CCCCC[C@H](O)CC[C@@H]1[C@H]2Cc3cccc(OCC(=O)C(C)O)c3C[C@H]2C[C@H]1O. The number of Topliss-reactive ketones (excluding diaryl/α,β-unsaturated/α-hetero) is 1. The van der Waals surface area contributed by atoms with E-state index in [-0.39, 0.29) is 30.5 Å². The van der Waals surface area contributed by atoms with Crippen LogP contribution in [-0.4, -0.2) is 46.0 Å². The van der Waals surface area contributed by atoms with E-state index < -0.39 is 6.10 Å². The van der Waals surface area contributed by atoms with E-state index in [1.807, 2.05) is 12.1 Å². The fourth-order valence-corrected chi connectivity index (χ4v) is 5.37. The van der Waals surface area contributed by atoms with Gasteiger partial charge in [-0.3, -0.25) is 4.79 Å². The van der Waals surface area contributed by atoms with Crippen molar-refractivity contribution in [2.45, 2.75) is 89.9 Å². The Kier molecular flexibility index (Phi) is 8.32. The van der Waals surface area contributed by atoms with Gasteiger partial charge in [-0.15, -0.1) is 0 Å². The minimum Gasteiger partial charge on any atom is -0.485 e. The Labute approximate surface area is 180 Å². The maximum absolute atomic E-state index is 11.7. The topological polar surface area (TPSA) is 87.0 Å². The Morgan fingerprint density at radius 2 is 2.00 bits per heavy atom. The molecule has 30 heavy (non-hydrogen) atoms. The predicted molar refractivity (Wildman–Crippen MR) is 117 cm³/mol. The van der Waals surface area contributed by atoms with Crippen molar-refractivity contribution in [2.75, 3.05) is 6.61 Å². The summed E-state index contributed by atoms with van der Waals surface area (Å²) in [6.45, 7) is 3.50. The van der Waals surface area contributed by atoms with Crippen LogP contribution < -0.4 is 4.74 Å². The third kappa shape index (κ3) is 5.63. The molecule has 1 fully saturated rings. The van der Waals surface area contributed by atoms with Crippen molar-refractivity contribution in [3.05, 3.63) is 29.3 Å². The van der Waals surface area contributed by atoms with E-state index in [1.54, 1.807) is 0 Å². The molecule has 0 aliphatic heterocycles. The number of ether oxygens (including phenoxy) is 1. The zero-order valence-corrected chi connectivity index (χ0v) is 18.4. The maximum atomic E-state index is 11.7. The van der Waals surface area contributed by atoms with Gasteiger partial charge in [0, 0.05) is 0 Å². The molecule has 1 aromatic rings. The molecule has 168 valence electrons. The van der Waals surface area contributed by atoms with Crippen LogP contribution in [0.2, 0.25) is 0 Å². The standard InChI is InChI=1S/C25H38O5/c1-3-4-5-8-19(27)10-11-20-21-12-17-7-6-9-25(30-15-24(29)16(2)26)22(17)13-18(21)14-23(20)28/h6-7,9,16,18-21,23,26-28H,3-5,8,10-15H2,1-2H3/t16?,18-,19-,20+,21-,23+/m0/s1. The van der Waals surface area contributed by atoms with E-state index in [0.717, 1.165) is 69.1 Å². The highest BCUT2D eigenvalue weighted by molar-refractivity contribution is 5.83. The average molecular weight is 419 g/mol. The molecule has 2 aliphatic carbocycles. The number of unbranched alkanes of at least 4 members (excludes halogenated alkanes) is 2. The summed E-state index contributed by atoms with van der Waals surface area (Å²) in [6, 6.07) is 5.97. The average Bonchev–Trinajstić information content (AvgIpc) is 3.02. The van der Waals surface area contributed by atoms with E-state index in [2.05, 4.69) is 13.0 Å². The molecule has 3 N–H and O–H groups in total. The Hall–Kier alpha value is -1.43. The summed E-state index contributed by atoms with van der Waals surface area (Å²) in [7, 11) is 0. The van der Waals surface area contributed by atoms with Crippen molar-refractivity contribution < 1.29 is 24.9 Å². The summed E-state index contributed by atoms with van der Waals surface area (Å²) in [5.74, 6) is 1.49. The van der Waals surface area contributed by atoms with Gasteiger partial charge in [0.05, 0.1) is 12.2 Å². The minimum atomic E-state index is -1.02. The molecule has 1 unspecified atom stereocenters. The zero-order chi connectivity index (χ0) is 21.7. The molecule has 0 radical (unpaired) electrons. The lowest BCUT2D eigenvalue weighted by Gasteiger charge is -2.32. The maximum Gasteiger partial charge on any atom is 0.198 e. The number of hydrogen-bond donors (Lipinski definition) is 3. The first-order valence-corrected chi connectivity index (χ1v) is 11.7. The summed E-state index contributed by atoms with van der Waals surface area (Å²) in [5.41, 5.74) is 2.38. The molecule has 0 spiro atoms. The van der Waals surface area contributed by atoms with Gasteiger partial charge in [0.25, 0.3) is 0 Å². The highest BCUT2D eigenvalue weighted by Crippen LogP contribution is 2.48. The molecule has 1 aromatic carbocycles. The van der Waals surface area contributed by atoms with Crippen molar-refractivity contribution in [3.8, 4) is 5.75 Å². The second-order valence-corrected chi connectivity index (χ2v) is 9.35. The highest BCUT2D eigenvalue weighted by atomic mass is 16.5. The Balaban J connectivity index is 1.62. The van der Waals surface area contributed by atoms with E-state index >= 15 is 0 Å². The van der Waals surface area contributed by atoms with E-state index in [9.17, 15) is 20.1 Å². The highest BCUT2D eigenvalue weighted by Gasteiger charge is 2.44. The quantitative estimate of drug-likeness (QED) is 0.479. The number of carbonyl (C=O) groups excluding carboxylic acids is 1. The van der Waals surface area contributed by atoms with Crippen molar-refractivity contribution in [1.29, 1.82) is 0 Å². The van der Waals surface area contributed by atoms with Crippen LogP contribution in [0.4, 0.5) is 0 Å². The van der Waals surface area contributed by atoms with Gasteiger partial charge in [-0.2, -0.15) is 0 Å². The van der Waals surface area contributed by atoms with Gasteiger partial charge in [0.15, 0.2) is 5.78 Å². The second kappa shape index (κ2) is 10.7. The molecule has 0 aromatic heterocycles. The predicted octanol–water partition coefficient (Wildman–Crippen LogP) is 3.45. The third-order valence-corrected chi connectivity index (χ3v) is 7.16. The van der Waals surface area contributed by atoms with Crippen LogP contribution >= 0.6 is 0 Å². The van der Waals surface area contributed by atoms with Gasteiger partial charge in [-0.1, -0.05) is 38.3 Å². The fourth-order valence-electron chi connectivity index (χ4n) is 5.37. The lowest BCUT2D eigenvalue weighted by molar-refractivity contribution is -0.128. The molecular formula is C25H38O5. The Morgan fingerprint density at radius 1 is 1.20 bits per heavy atom. The van der Waals surface area contributed by atoms with Gasteiger partial charge in [-0.05, 0) is 80.4 Å². The van der Waals surface area contributed by atoms with Crippen LogP contribution in [-0.2, 0) is 17.6 Å². The number of rotatable bonds is 11. The largest absolute Gasteiger partial charge is 0.485 e. The summed E-state index contributed by atoms with van der Waals surface area (Å²) >= 11 is 0. The molecule has 1 saturated carbocycles. The van der Waals surface area contributed by atoms with Crippen molar-refractivity contribution in [1.82, 2.24) is 0 Å². The number of aliphatic hydroxyl groups is 3. The lowest BCUT2D eigenvalue weighted by atomic mass is 9.73. The lowest BCUT2D eigenvalue weighted by Crippen LogP contribution is -2.28. The molecule has 3 rings (SSSR count). The summed E-state index contributed by atoms with van der Waals surface area (Å²) in [4.78, 5) is 11.7. The van der Waals surface area contributed by atoms with Crippen molar-refractivity contribution >= 4 is 5.78 Å². The zero-order valence-electron chi connectivity index (χ0n) is 18.4. The van der Waals surface area contributed by atoms with Crippen LogP contribution in [0.25, 0.3) is 0 Å². The smallest absolute Gasteiger partial charge is 0.198 e. The van der Waals surface area contributed by atoms with Gasteiger partial charge < -0.3 is 20.1 Å². The van der Waals surface area contributed by atoms with E-state index in [1.165, 1.54) is 12.5 Å². The monoisotopic (exact) mass is 418 g/mol. The molecule has 0 saturated heterocycles. The van der Waals surface area contributed by atoms with Gasteiger partial charge in [-0.25, -0.2) is 0 Å². The van der Waals surface area contributed by atoms with Gasteiger partial charge in [0.2, 0.25) is 0 Å². The van der Waals surface area contributed by atoms with Gasteiger partial charge >= 0.3 is 0 Å². The van der Waals surface area contributed by atoms with Crippen molar-refractivity contribution in [3.63, 3.8) is 0 Å². The Morgan fingerprint density at radius 3 is 2.73 bits per heavy atom. The first-order valence-electron chi connectivity index (χ1n) is 11.7. The van der Waals surface area contributed by atoms with Crippen molar-refractivity contribution in [2.24, 2.45) is 17.8 Å². The molecule has 0 bridgehead atoms. The van der Waals surface area contributed by atoms with Crippen LogP contribution in [0.15, 0.2) is 18.2 Å². The summed E-state index contributed by atoms with van der Waals surface area (Å²) < 4.78 is 5.75. The third-order valence-electron chi connectivity index (χ3n) is 7.16. The first kappa shape index (κ1) is 23.2. The number of fused-ring (bicyclic) bond motifs is 2. The fraction of sp³-hybridized carbons (Fsp3) is 0.720. The molecule has 0 amide bonds. The molecule has 0 heterocycles. The summed E-state index contributed by atoms with van der Waals surface area (Å²) in [6.07, 6.45) is 6.89. The second-order valence-electron chi connectivity index (χ2n) is 9.35. The Bertz CT molecular complexity index is 701. The number of benzene rings is 1. The molecule has 5 nitrogen and oxygen atoms in total. The van der Waals surface area contributed by atoms with Crippen LogP contribution in [0.5, 0.6) is 5.75 Å². The molecule has 2 aliphatic rings. The van der Waals surface area contributed by atoms with E-state index in [4.69, 9.17) is 4.74 Å². The number of aliphatic hydroxyl groups excluding tert-OH is 3. The number of hydrogen-bond acceptors (Lipinski definition) is 5. The van der Waals surface area contributed by atoms with E-state index in [0.29, 0.717) is 11.8 Å². The minimum absolute atomic E-state index is 0.122. The molecular weight excluding hydrogens is 380 g/mol. The number of ketones is 1. The molecule has 5 heteroatoms. The number of carbonyl (C=O) groups is 1. The van der Waals surface area contributed by atoms with Gasteiger partial charge in [0.1, 0.15) is 18.5 Å².